The van der Waals surface area contributed by atoms with Crippen LogP contribution in [0.4, 0.5) is 10.1 Å². The second kappa shape index (κ2) is 9.93. The van der Waals surface area contributed by atoms with Crippen LogP contribution in [0.2, 0.25) is 0 Å². The number of imidazole rings is 1. The number of benzene rings is 1. The fourth-order valence-corrected chi connectivity index (χ4v) is 3.97. The van der Waals surface area contributed by atoms with Gasteiger partial charge in [-0.3, -0.25) is 4.79 Å². The van der Waals surface area contributed by atoms with Crippen LogP contribution >= 0.6 is 0 Å². The highest BCUT2D eigenvalue weighted by Gasteiger charge is 2.30. The summed E-state index contributed by atoms with van der Waals surface area (Å²) in [5.41, 5.74) is 0.985. The molecule has 3 aromatic rings. The number of hydrogen-bond donors (Lipinski definition) is 1. The molecule has 3 heterocycles. The summed E-state index contributed by atoms with van der Waals surface area (Å²) < 4.78 is 22.3. The smallest absolute Gasteiger partial charge is 0.242 e. The van der Waals surface area contributed by atoms with Crippen molar-refractivity contribution in [2.75, 3.05) is 18.0 Å². The van der Waals surface area contributed by atoms with Gasteiger partial charge in [-0.1, -0.05) is 19.0 Å². The molecule has 1 unspecified atom stereocenters. The zero-order valence-corrected chi connectivity index (χ0v) is 18.5. The lowest BCUT2D eigenvalue weighted by atomic mass is 9.99. The van der Waals surface area contributed by atoms with E-state index in [9.17, 15) is 4.79 Å². The average molecular weight is 441 g/mol. The number of rotatable bonds is 8. The lowest BCUT2D eigenvalue weighted by Gasteiger charge is -2.36. The Morgan fingerprint density at radius 1 is 1.34 bits per heavy atom. The lowest BCUT2D eigenvalue weighted by Crippen LogP contribution is -2.50. The van der Waals surface area contributed by atoms with Gasteiger partial charge in [0.25, 0.3) is 0 Å². The number of aryl methyl sites for hydroxylation is 1. The highest BCUT2D eigenvalue weighted by molar-refractivity contribution is 5.85. The maximum Gasteiger partial charge on any atom is 0.242 e. The predicted octanol–water partition coefficient (Wildman–Crippen LogP) is 3.76. The van der Waals surface area contributed by atoms with Crippen LogP contribution < -0.4 is 10.2 Å². The first-order valence-corrected chi connectivity index (χ1v) is 11.2. The summed E-state index contributed by atoms with van der Waals surface area (Å²) >= 11 is 0. The molecule has 1 aliphatic heterocycles. The number of nitrogens with one attached hydrogen (secondary N) is 1. The number of halogens is 1. The van der Waals surface area contributed by atoms with Crippen LogP contribution in [-0.4, -0.2) is 44.7 Å². The molecule has 1 amide bonds. The summed E-state index contributed by atoms with van der Waals surface area (Å²) in [5.74, 6) is 0.542. The summed E-state index contributed by atoms with van der Waals surface area (Å²) in [5, 5.41) is 6.97. The Kier molecular flexibility index (Phi) is 6.82. The van der Waals surface area contributed by atoms with Crippen molar-refractivity contribution in [3.8, 4) is 11.4 Å². The lowest BCUT2D eigenvalue weighted by molar-refractivity contribution is -0.122. The maximum atomic E-state index is 15.1. The topological polar surface area (TPSA) is 89.1 Å². The van der Waals surface area contributed by atoms with Crippen LogP contribution in [0.15, 0.2) is 41.4 Å². The van der Waals surface area contributed by atoms with Crippen molar-refractivity contribution in [1.29, 1.82) is 0 Å². The fourth-order valence-electron chi connectivity index (χ4n) is 3.97. The molecule has 4 rings (SSSR count). The number of carbonyl (C=O) groups excluding carboxylic acids is 1. The first kappa shape index (κ1) is 22.0. The second-order valence-corrected chi connectivity index (χ2v) is 8.43. The minimum Gasteiger partial charge on any atom is -0.357 e. The number of aromatic nitrogens is 4. The summed E-state index contributed by atoms with van der Waals surface area (Å²) in [6, 6.07) is 4.52. The summed E-state index contributed by atoms with van der Waals surface area (Å²) in [6.45, 7) is 5.92. The van der Waals surface area contributed by atoms with Crippen molar-refractivity contribution < 1.29 is 13.7 Å². The summed E-state index contributed by atoms with van der Waals surface area (Å²) in [4.78, 5) is 23.1. The van der Waals surface area contributed by atoms with Gasteiger partial charge in [0.05, 0.1) is 12.0 Å². The molecule has 1 aromatic carbocycles. The van der Waals surface area contributed by atoms with Gasteiger partial charge in [0.2, 0.25) is 17.6 Å². The molecule has 0 spiro atoms. The molecule has 2 aromatic heterocycles. The minimum absolute atomic E-state index is 0.0569. The third kappa shape index (κ3) is 4.98. The van der Waals surface area contributed by atoms with Gasteiger partial charge in [-0.25, -0.2) is 9.37 Å². The van der Waals surface area contributed by atoms with Crippen molar-refractivity contribution in [3.63, 3.8) is 0 Å². The zero-order valence-electron chi connectivity index (χ0n) is 18.5. The van der Waals surface area contributed by atoms with Gasteiger partial charge in [-0.2, -0.15) is 4.98 Å². The van der Waals surface area contributed by atoms with Crippen molar-refractivity contribution in [1.82, 2.24) is 25.0 Å². The van der Waals surface area contributed by atoms with Gasteiger partial charge in [-0.05, 0) is 43.9 Å². The van der Waals surface area contributed by atoms with Gasteiger partial charge in [0, 0.05) is 43.5 Å². The third-order valence-electron chi connectivity index (χ3n) is 5.71. The van der Waals surface area contributed by atoms with E-state index < -0.39 is 5.82 Å². The van der Waals surface area contributed by atoms with Crippen LogP contribution in [-0.2, 0) is 11.3 Å². The molecule has 0 radical (unpaired) electrons. The molecule has 0 bridgehead atoms. The largest absolute Gasteiger partial charge is 0.357 e. The molecule has 170 valence electrons. The highest BCUT2D eigenvalue weighted by atomic mass is 19.1. The Balaban J connectivity index is 1.42. The second-order valence-electron chi connectivity index (χ2n) is 8.43. The molecule has 1 atom stereocenters. The van der Waals surface area contributed by atoms with E-state index in [2.05, 4.69) is 20.4 Å². The van der Waals surface area contributed by atoms with Gasteiger partial charge in [0.15, 0.2) is 0 Å². The Hall–Kier alpha value is -3.23. The Morgan fingerprint density at radius 2 is 2.22 bits per heavy atom. The molecule has 1 aliphatic rings. The molecule has 1 N–H and O–H groups in total. The molecule has 9 heteroatoms. The van der Waals surface area contributed by atoms with Gasteiger partial charge < -0.3 is 19.3 Å². The van der Waals surface area contributed by atoms with E-state index in [4.69, 9.17) is 4.52 Å². The van der Waals surface area contributed by atoms with Gasteiger partial charge >= 0.3 is 0 Å². The van der Waals surface area contributed by atoms with Crippen LogP contribution in [0.3, 0.4) is 0 Å². The van der Waals surface area contributed by atoms with Crippen LogP contribution in [0.1, 0.15) is 51.3 Å². The third-order valence-corrected chi connectivity index (χ3v) is 5.71. The standard InChI is InChI=1S/C23H29FN6O2/c1-16(2)23-27-21(28-32-23)17-7-8-19(18(24)14-17)30-12-4-3-6-20(30)22(31)26-9-5-11-29-13-10-25-15-29/h7-8,10,13-16,20H,3-6,9,11-12H2,1-2H3,(H,26,31). The predicted molar refractivity (Wildman–Crippen MR) is 119 cm³/mol. The van der Waals surface area contributed by atoms with E-state index in [1.165, 1.54) is 6.07 Å². The Bertz CT molecular complexity index is 1030. The summed E-state index contributed by atoms with van der Waals surface area (Å²) in [6.07, 6.45) is 8.78. The zero-order chi connectivity index (χ0) is 22.5. The molecular weight excluding hydrogens is 411 g/mol. The Labute approximate surface area is 186 Å². The van der Waals surface area contributed by atoms with E-state index in [1.54, 1.807) is 24.7 Å². The molecule has 1 fully saturated rings. The number of anilines is 1. The first-order chi connectivity index (χ1) is 15.5. The van der Waals surface area contributed by atoms with Crippen molar-refractivity contribution in [2.24, 2.45) is 0 Å². The van der Waals surface area contributed by atoms with Crippen LogP contribution in [0.5, 0.6) is 0 Å². The number of amides is 1. The normalized spacial score (nSPS) is 16.5. The fraction of sp³-hybridized carbons (Fsp3) is 0.478. The molecule has 8 nitrogen and oxygen atoms in total. The Morgan fingerprint density at radius 3 is 2.94 bits per heavy atom. The average Bonchev–Trinajstić information content (AvgIpc) is 3.49. The molecular formula is C23H29FN6O2. The monoisotopic (exact) mass is 440 g/mol. The van der Waals surface area contributed by atoms with Crippen molar-refractivity contribution in [2.45, 2.75) is 58.0 Å². The molecule has 1 saturated heterocycles. The minimum atomic E-state index is -0.391. The van der Waals surface area contributed by atoms with E-state index in [0.29, 0.717) is 42.5 Å². The van der Waals surface area contributed by atoms with Crippen LogP contribution in [0.25, 0.3) is 11.4 Å². The molecule has 32 heavy (non-hydrogen) atoms. The quantitative estimate of drug-likeness (QED) is 0.537. The van der Waals surface area contributed by atoms with E-state index in [0.717, 1.165) is 25.8 Å². The van der Waals surface area contributed by atoms with Gasteiger partial charge in [-0.15, -0.1) is 0 Å². The molecule has 0 saturated carbocycles. The SMILES string of the molecule is CC(C)c1nc(-c2ccc(N3CCCCC3C(=O)NCCCn3ccnc3)c(F)c2)no1. The van der Waals surface area contributed by atoms with Crippen molar-refractivity contribution in [3.05, 3.63) is 48.6 Å². The van der Waals surface area contributed by atoms with Crippen LogP contribution in [0, 0.1) is 5.82 Å². The molecule has 0 aliphatic carbocycles. The van der Waals surface area contributed by atoms with Gasteiger partial charge in [0.1, 0.15) is 11.9 Å². The first-order valence-electron chi connectivity index (χ1n) is 11.2. The number of carbonyl (C=O) groups is 1. The van der Waals surface area contributed by atoms with E-state index in [-0.39, 0.29) is 17.9 Å². The van der Waals surface area contributed by atoms with E-state index >= 15 is 4.39 Å². The summed E-state index contributed by atoms with van der Waals surface area (Å²) in [7, 11) is 0. The number of hydrogen-bond acceptors (Lipinski definition) is 6. The van der Waals surface area contributed by atoms with E-state index in [1.807, 2.05) is 29.5 Å². The highest BCUT2D eigenvalue weighted by Crippen LogP contribution is 2.30. The maximum absolute atomic E-state index is 15.1. The number of nitrogens with zero attached hydrogens (tertiary/aromatic N) is 5. The number of piperidine rings is 1. The van der Waals surface area contributed by atoms with Crippen molar-refractivity contribution >= 4 is 11.6 Å².